The highest BCUT2D eigenvalue weighted by molar-refractivity contribution is 5.96. The SMILES string of the molecule is CCOC[C@@H]1CC(F)(F)CN1C1CN(C(=O)c2ccc(C)cc2C)C1. The van der Waals surface area contributed by atoms with Gasteiger partial charge in [-0.1, -0.05) is 17.7 Å². The fraction of sp³-hybridized carbons (Fsp3) is 0.632. The van der Waals surface area contributed by atoms with Crippen molar-refractivity contribution in [2.24, 2.45) is 0 Å². The molecule has 6 heteroatoms. The molecule has 2 fully saturated rings. The van der Waals surface area contributed by atoms with Gasteiger partial charge >= 0.3 is 0 Å². The number of hydrogen-bond donors (Lipinski definition) is 0. The van der Waals surface area contributed by atoms with Gasteiger partial charge in [-0.2, -0.15) is 0 Å². The van der Waals surface area contributed by atoms with Gasteiger partial charge in [0.2, 0.25) is 0 Å². The maximum atomic E-state index is 13.8. The van der Waals surface area contributed by atoms with Gasteiger partial charge in [0.25, 0.3) is 11.8 Å². The first-order chi connectivity index (χ1) is 11.8. The van der Waals surface area contributed by atoms with Crippen LogP contribution in [0.5, 0.6) is 0 Å². The quantitative estimate of drug-likeness (QED) is 0.817. The number of aryl methyl sites for hydroxylation is 2. The molecule has 0 spiro atoms. The van der Waals surface area contributed by atoms with Gasteiger partial charge in [-0.05, 0) is 32.4 Å². The van der Waals surface area contributed by atoms with Crippen molar-refractivity contribution in [3.05, 3.63) is 34.9 Å². The standard InChI is InChI=1S/C19H26F2N2O2/c1-4-25-11-15-8-19(20,21)12-23(15)16-9-22(10-16)18(24)17-6-5-13(2)7-14(17)3/h5-7,15-16H,4,8-12H2,1-3H3/t15-/m0/s1. The topological polar surface area (TPSA) is 32.8 Å². The summed E-state index contributed by atoms with van der Waals surface area (Å²) in [5.41, 5.74) is 2.77. The molecule has 0 saturated carbocycles. The van der Waals surface area contributed by atoms with Gasteiger partial charge < -0.3 is 9.64 Å². The van der Waals surface area contributed by atoms with Gasteiger partial charge in [-0.25, -0.2) is 8.78 Å². The summed E-state index contributed by atoms with van der Waals surface area (Å²) in [5.74, 6) is -2.68. The highest BCUT2D eigenvalue weighted by atomic mass is 19.3. The Balaban J connectivity index is 1.62. The van der Waals surface area contributed by atoms with E-state index in [-0.39, 0.29) is 31.0 Å². The Morgan fingerprint density at radius 3 is 2.68 bits per heavy atom. The molecule has 2 heterocycles. The number of hydrogen-bond acceptors (Lipinski definition) is 3. The van der Waals surface area contributed by atoms with Gasteiger partial charge in [0, 0.05) is 43.8 Å². The monoisotopic (exact) mass is 352 g/mol. The van der Waals surface area contributed by atoms with Crippen molar-refractivity contribution in [1.29, 1.82) is 0 Å². The van der Waals surface area contributed by atoms with E-state index >= 15 is 0 Å². The second-order valence-corrected chi connectivity index (χ2v) is 7.23. The van der Waals surface area contributed by atoms with E-state index in [0.717, 1.165) is 11.1 Å². The molecule has 1 atom stereocenters. The minimum absolute atomic E-state index is 0.00599. The third-order valence-corrected chi connectivity index (χ3v) is 5.16. The van der Waals surface area contributed by atoms with Crippen LogP contribution in [0.4, 0.5) is 8.78 Å². The molecule has 2 aliphatic rings. The van der Waals surface area contributed by atoms with Crippen molar-refractivity contribution in [2.75, 3.05) is 32.8 Å². The van der Waals surface area contributed by atoms with E-state index < -0.39 is 5.92 Å². The molecule has 2 aliphatic heterocycles. The van der Waals surface area contributed by atoms with Crippen molar-refractivity contribution in [3.8, 4) is 0 Å². The summed E-state index contributed by atoms with van der Waals surface area (Å²) in [5, 5.41) is 0. The van der Waals surface area contributed by atoms with Crippen LogP contribution >= 0.6 is 0 Å². The lowest BCUT2D eigenvalue weighted by Crippen LogP contribution is -2.62. The van der Waals surface area contributed by atoms with E-state index in [9.17, 15) is 13.6 Å². The summed E-state index contributed by atoms with van der Waals surface area (Å²) < 4.78 is 33.0. The van der Waals surface area contributed by atoms with Crippen LogP contribution in [-0.4, -0.2) is 66.6 Å². The number of carbonyl (C=O) groups is 1. The summed E-state index contributed by atoms with van der Waals surface area (Å²) >= 11 is 0. The first kappa shape index (κ1) is 18.3. The molecule has 1 amide bonds. The molecule has 0 bridgehead atoms. The molecule has 0 N–H and O–H groups in total. The first-order valence-electron chi connectivity index (χ1n) is 8.88. The number of carbonyl (C=O) groups excluding carboxylic acids is 1. The average molecular weight is 352 g/mol. The molecule has 3 rings (SSSR count). The largest absolute Gasteiger partial charge is 0.380 e. The van der Waals surface area contributed by atoms with Crippen molar-refractivity contribution >= 4 is 5.91 Å². The number of alkyl halides is 2. The summed E-state index contributed by atoms with van der Waals surface area (Å²) in [6.45, 7) is 7.41. The van der Waals surface area contributed by atoms with E-state index in [1.165, 1.54) is 0 Å². The number of nitrogens with zero attached hydrogens (tertiary/aromatic N) is 2. The summed E-state index contributed by atoms with van der Waals surface area (Å²) in [7, 11) is 0. The van der Waals surface area contributed by atoms with Gasteiger partial charge in [0.15, 0.2) is 0 Å². The van der Waals surface area contributed by atoms with Crippen LogP contribution in [-0.2, 0) is 4.74 Å². The zero-order chi connectivity index (χ0) is 18.2. The van der Waals surface area contributed by atoms with Crippen LogP contribution < -0.4 is 0 Å². The first-order valence-corrected chi connectivity index (χ1v) is 8.88. The van der Waals surface area contributed by atoms with Gasteiger partial charge in [0.1, 0.15) is 0 Å². The minimum Gasteiger partial charge on any atom is -0.380 e. The Morgan fingerprint density at radius 2 is 2.04 bits per heavy atom. The van der Waals surface area contributed by atoms with Crippen molar-refractivity contribution < 1.29 is 18.3 Å². The lowest BCUT2D eigenvalue weighted by atomic mass is 10.0. The molecule has 0 unspecified atom stereocenters. The molecule has 4 nitrogen and oxygen atoms in total. The third-order valence-electron chi connectivity index (χ3n) is 5.16. The van der Waals surface area contributed by atoms with Gasteiger partial charge in [-0.3, -0.25) is 9.69 Å². The lowest BCUT2D eigenvalue weighted by molar-refractivity contribution is -0.0148. The molecule has 0 aliphatic carbocycles. The number of halogens is 2. The van der Waals surface area contributed by atoms with Crippen LogP contribution in [0.25, 0.3) is 0 Å². The van der Waals surface area contributed by atoms with Crippen molar-refractivity contribution in [1.82, 2.24) is 9.80 Å². The molecule has 25 heavy (non-hydrogen) atoms. The molecule has 0 aromatic heterocycles. The predicted molar refractivity (Wildman–Crippen MR) is 92.2 cm³/mol. The highest BCUT2D eigenvalue weighted by Crippen LogP contribution is 2.35. The lowest BCUT2D eigenvalue weighted by Gasteiger charge is -2.46. The average Bonchev–Trinajstić information content (AvgIpc) is 2.78. The zero-order valence-corrected chi connectivity index (χ0v) is 15.1. The van der Waals surface area contributed by atoms with Crippen LogP contribution in [0.2, 0.25) is 0 Å². The fourth-order valence-corrected chi connectivity index (χ4v) is 3.81. The van der Waals surface area contributed by atoms with Gasteiger partial charge in [0.05, 0.1) is 13.2 Å². The molecule has 1 aromatic rings. The summed E-state index contributed by atoms with van der Waals surface area (Å²) in [6.07, 6.45) is -0.158. The predicted octanol–water partition coefficient (Wildman–Crippen LogP) is 2.87. The Hall–Kier alpha value is -1.53. The second-order valence-electron chi connectivity index (χ2n) is 7.23. The Morgan fingerprint density at radius 1 is 1.32 bits per heavy atom. The van der Waals surface area contributed by atoms with Crippen molar-refractivity contribution in [2.45, 2.75) is 45.2 Å². The number of benzene rings is 1. The highest BCUT2D eigenvalue weighted by Gasteiger charge is 2.50. The van der Waals surface area contributed by atoms with E-state index in [0.29, 0.717) is 31.9 Å². The number of amides is 1. The van der Waals surface area contributed by atoms with Crippen LogP contribution in [0, 0.1) is 13.8 Å². The molecular weight excluding hydrogens is 326 g/mol. The van der Waals surface area contributed by atoms with E-state index in [1.807, 2.05) is 43.9 Å². The number of ether oxygens (including phenoxy) is 1. The van der Waals surface area contributed by atoms with Crippen LogP contribution in [0.3, 0.4) is 0 Å². The van der Waals surface area contributed by atoms with Crippen molar-refractivity contribution in [3.63, 3.8) is 0 Å². The zero-order valence-electron chi connectivity index (χ0n) is 15.1. The maximum Gasteiger partial charge on any atom is 0.262 e. The second kappa shape index (κ2) is 7.00. The smallest absolute Gasteiger partial charge is 0.262 e. The van der Waals surface area contributed by atoms with E-state index in [4.69, 9.17) is 4.74 Å². The maximum absolute atomic E-state index is 13.8. The number of likely N-dealkylation sites (tertiary alicyclic amines) is 2. The Kier molecular flexibility index (Phi) is 5.11. The van der Waals surface area contributed by atoms with Crippen LogP contribution in [0.15, 0.2) is 18.2 Å². The third kappa shape index (κ3) is 3.85. The molecule has 1 aromatic carbocycles. The Labute approximate surface area is 147 Å². The normalized spacial score (nSPS) is 23.7. The Bertz CT molecular complexity index is 644. The molecular formula is C19H26F2N2O2. The van der Waals surface area contributed by atoms with Crippen LogP contribution in [0.1, 0.15) is 34.8 Å². The number of rotatable bonds is 5. The molecule has 138 valence electrons. The van der Waals surface area contributed by atoms with Gasteiger partial charge in [-0.15, -0.1) is 0 Å². The molecule has 0 radical (unpaired) electrons. The molecule has 2 saturated heterocycles. The van der Waals surface area contributed by atoms with E-state index in [2.05, 4.69) is 0 Å². The minimum atomic E-state index is -2.67. The summed E-state index contributed by atoms with van der Waals surface area (Å²) in [4.78, 5) is 16.2. The van der Waals surface area contributed by atoms with E-state index in [1.54, 1.807) is 4.90 Å². The fourth-order valence-electron chi connectivity index (χ4n) is 3.81. The summed E-state index contributed by atoms with van der Waals surface area (Å²) in [6, 6.07) is 5.49.